The summed E-state index contributed by atoms with van der Waals surface area (Å²) in [6.07, 6.45) is 10.0. The van der Waals surface area contributed by atoms with E-state index in [1.807, 2.05) is 12.3 Å². The smallest absolute Gasteiger partial charge is 0.225 e. The standard InChI is InChI=1S/C25H30N4/c1-28(22-9-3-2-4-10-22)23-14-16-29(18-23)25-26-15-13-24(27-25)21-12-11-19-7-5-6-8-20(19)17-21/h5-8,11-13,15,17,22-23H,2-4,9-10,14,16,18H2,1H3/t23-/m0/s1. The van der Waals surface area contributed by atoms with Crippen LogP contribution in [-0.2, 0) is 0 Å². The Kier molecular flexibility index (Phi) is 5.19. The van der Waals surface area contributed by atoms with Crippen LogP contribution in [0.1, 0.15) is 38.5 Å². The normalized spacial score (nSPS) is 20.6. The Labute approximate surface area is 173 Å². The minimum Gasteiger partial charge on any atom is -0.339 e. The van der Waals surface area contributed by atoms with Crippen molar-refractivity contribution < 1.29 is 0 Å². The molecule has 0 spiro atoms. The van der Waals surface area contributed by atoms with Crippen molar-refractivity contribution in [3.05, 3.63) is 54.7 Å². The third-order valence-corrected chi connectivity index (χ3v) is 6.86. The van der Waals surface area contributed by atoms with Gasteiger partial charge in [-0.25, -0.2) is 9.97 Å². The number of fused-ring (bicyclic) bond motifs is 1. The summed E-state index contributed by atoms with van der Waals surface area (Å²) < 4.78 is 0. The molecule has 1 saturated carbocycles. The molecule has 29 heavy (non-hydrogen) atoms. The van der Waals surface area contributed by atoms with Gasteiger partial charge in [0.05, 0.1) is 5.69 Å². The highest BCUT2D eigenvalue weighted by atomic mass is 15.3. The molecule has 0 unspecified atom stereocenters. The number of rotatable bonds is 4. The van der Waals surface area contributed by atoms with Crippen molar-refractivity contribution in [2.45, 2.75) is 50.6 Å². The predicted molar refractivity (Wildman–Crippen MR) is 120 cm³/mol. The molecule has 4 heteroatoms. The van der Waals surface area contributed by atoms with E-state index in [1.165, 1.54) is 49.3 Å². The highest BCUT2D eigenvalue weighted by molar-refractivity contribution is 5.86. The second-order valence-corrected chi connectivity index (χ2v) is 8.65. The van der Waals surface area contributed by atoms with Crippen molar-refractivity contribution in [3.63, 3.8) is 0 Å². The van der Waals surface area contributed by atoms with Crippen molar-refractivity contribution in [1.29, 1.82) is 0 Å². The molecule has 150 valence electrons. The molecule has 2 heterocycles. The van der Waals surface area contributed by atoms with E-state index < -0.39 is 0 Å². The number of benzene rings is 2. The Morgan fingerprint density at radius 1 is 0.897 bits per heavy atom. The van der Waals surface area contributed by atoms with Crippen molar-refractivity contribution in [3.8, 4) is 11.3 Å². The lowest BCUT2D eigenvalue weighted by Crippen LogP contribution is -2.42. The first-order valence-corrected chi connectivity index (χ1v) is 11.1. The summed E-state index contributed by atoms with van der Waals surface area (Å²) in [5, 5.41) is 2.51. The van der Waals surface area contributed by atoms with Crippen LogP contribution in [0, 0.1) is 0 Å². The lowest BCUT2D eigenvalue weighted by molar-refractivity contribution is 0.147. The molecule has 1 aromatic heterocycles. The van der Waals surface area contributed by atoms with Crippen LogP contribution < -0.4 is 4.90 Å². The Hall–Kier alpha value is -2.46. The fraction of sp³-hybridized carbons (Fsp3) is 0.440. The average Bonchev–Trinajstić information content (AvgIpc) is 3.29. The molecular formula is C25H30N4. The molecule has 0 radical (unpaired) electrons. The number of anilines is 1. The van der Waals surface area contributed by atoms with Crippen molar-refractivity contribution in [1.82, 2.24) is 14.9 Å². The highest BCUT2D eigenvalue weighted by Crippen LogP contribution is 2.28. The maximum atomic E-state index is 4.93. The number of nitrogens with zero attached hydrogens (tertiary/aromatic N) is 4. The quantitative estimate of drug-likeness (QED) is 0.621. The molecule has 1 atom stereocenters. The average molecular weight is 387 g/mol. The van der Waals surface area contributed by atoms with E-state index in [9.17, 15) is 0 Å². The van der Waals surface area contributed by atoms with Crippen molar-refractivity contribution >= 4 is 16.7 Å². The lowest BCUT2D eigenvalue weighted by Gasteiger charge is -2.35. The first kappa shape index (κ1) is 18.6. The van der Waals surface area contributed by atoms with E-state index in [1.54, 1.807) is 0 Å². The van der Waals surface area contributed by atoms with Crippen LogP contribution >= 0.6 is 0 Å². The molecule has 2 aliphatic rings. The van der Waals surface area contributed by atoms with E-state index in [2.05, 4.69) is 64.3 Å². The van der Waals surface area contributed by atoms with Crippen LogP contribution in [-0.4, -0.2) is 47.1 Å². The van der Waals surface area contributed by atoms with Crippen molar-refractivity contribution in [2.75, 3.05) is 25.0 Å². The zero-order valence-electron chi connectivity index (χ0n) is 17.3. The maximum absolute atomic E-state index is 4.93. The summed E-state index contributed by atoms with van der Waals surface area (Å²) in [6.45, 7) is 2.08. The van der Waals surface area contributed by atoms with Gasteiger partial charge in [-0.3, -0.25) is 4.90 Å². The molecule has 1 aliphatic carbocycles. The van der Waals surface area contributed by atoms with Gasteiger partial charge < -0.3 is 4.90 Å². The van der Waals surface area contributed by atoms with Gasteiger partial charge in [-0.15, -0.1) is 0 Å². The van der Waals surface area contributed by atoms with Gasteiger partial charge in [-0.2, -0.15) is 0 Å². The van der Waals surface area contributed by atoms with Gasteiger partial charge in [0.15, 0.2) is 0 Å². The summed E-state index contributed by atoms with van der Waals surface area (Å²) in [6, 6.07) is 18.5. The van der Waals surface area contributed by atoms with Crippen LogP contribution in [0.5, 0.6) is 0 Å². The first-order valence-electron chi connectivity index (χ1n) is 11.1. The minimum atomic E-state index is 0.617. The third kappa shape index (κ3) is 3.86. The summed E-state index contributed by atoms with van der Waals surface area (Å²) in [5.74, 6) is 0.871. The van der Waals surface area contributed by atoms with E-state index in [-0.39, 0.29) is 0 Å². The second kappa shape index (κ2) is 8.11. The summed E-state index contributed by atoms with van der Waals surface area (Å²) in [4.78, 5) is 14.6. The summed E-state index contributed by atoms with van der Waals surface area (Å²) >= 11 is 0. The second-order valence-electron chi connectivity index (χ2n) is 8.65. The predicted octanol–water partition coefficient (Wildman–Crippen LogP) is 5.14. The van der Waals surface area contributed by atoms with Crippen molar-refractivity contribution in [2.24, 2.45) is 0 Å². The van der Waals surface area contributed by atoms with Gasteiger partial charge in [0.25, 0.3) is 0 Å². The largest absolute Gasteiger partial charge is 0.339 e. The molecule has 3 aromatic rings. The number of hydrogen-bond donors (Lipinski definition) is 0. The van der Waals surface area contributed by atoms with Crippen LogP contribution in [0.4, 0.5) is 5.95 Å². The Balaban J connectivity index is 1.33. The molecule has 2 aromatic carbocycles. The van der Waals surface area contributed by atoms with Gasteiger partial charge in [0.2, 0.25) is 5.95 Å². The molecule has 0 N–H and O–H groups in total. The molecular weight excluding hydrogens is 356 g/mol. The summed E-state index contributed by atoms with van der Waals surface area (Å²) in [7, 11) is 2.33. The van der Waals surface area contributed by atoms with Gasteiger partial charge in [-0.1, -0.05) is 55.7 Å². The first-order chi connectivity index (χ1) is 14.3. The zero-order chi connectivity index (χ0) is 19.6. The van der Waals surface area contributed by atoms with Crippen LogP contribution in [0.25, 0.3) is 22.0 Å². The zero-order valence-corrected chi connectivity index (χ0v) is 17.3. The van der Waals surface area contributed by atoms with E-state index in [4.69, 9.17) is 4.98 Å². The SMILES string of the molecule is CN(C1CCCCC1)[C@H]1CCN(c2nccc(-c3ccc4ccccc4c3)n2)C1. The monoisotopic (exact) mass is 386 g/mol. The number of aromatic nitrogens is 2. The third-order valence-electron chi connectivity index (χ3n) is 6.86. The van der Waals surface area contributed by atoms with Gasteiger partial charge in [0.1, 0.15) is 0 Å². The molecule has 0 bridgehead atoms. The van der Waals surface area contributed by atoms with Gasteiger partial charge in [0, 0.05) is 36.9 Å². The fourth-order valence-electron chi connectivity index (χ4n) is 5.05. The molecule has 0 amide bonds. The topological polar surface area (TPSA) is 32.3 Å². The minimum absolute atomic E-state index is 0.617. The van der Waals surface area contributed by atoms with E-state index in [0.29, 0.717) is 6.04 Å². The Morgan fingerprint density at radius 2 is 1.72 bits per heavy atom. The van der Waals surface area contributed by atoms with Crippen LogP contribution in [0.2, 0.25) is 0 Å². The molecule has 5 rings (SSSR count). The van der Waals surface area contributed by atoms with Crippen LogP contribution in [0.3, 0.4) is 0 Å². The molecule has 2 fully saturated rings. The highest BCUT2D eigenvalue weighted by Gasteiger charge is 2.31. The number of hydrogen-bond acceptors (Lipinski definition) is 4. The summed E-state index contributed by atoms with van der Waals surface area (Å²) in [5.41, 5.74) is 2.16. The van der Waals surface area contributed by atoms with E-state index >= 15 is 0 Å². The molecule has 1 aliphatic heterocycles. The van der Waals surface area contributed by atoms with E-state index in [0.717, 1.165) is 36.3 Å². The molecule has 1 saturated heterocycles. The Bertz CT molecular complexity index is 979. The fourth-order valence-corrected chi connectivity index (χ4v) is 5.05. The van der Waals surface area contributed by atoms with Gasteiger partial charge in [-0.05, 0) is 49.2 Å². The lowest BCUT2D eigenvalue weighted by atomic mass is 9.93. The Morgan fingerprint density at radius 3 is 2.59 bits per heavy atom. The van der Waals surface area contributed by atoms with Crippen LogP contribution in [0.15, 0.2) is 54.7 Å². The maximum Gasteiger partial charge on any atom is 0.225 e. The molecule has 4 nitrogen and oxygen atoms in total. The number of likely N-dealkylation sites (N-methyl/N-ethyl adjacent to an activating group) is 1. The van der Waals surface area contributed by atoms with Gasteiger partial charge >= 0.3 is 0 Å².